The van der Waals surface area contributed by atoms with E-state index >= 15 is 0 Å². The molecule has 1 aliphatic heterocycles. The van der Waals surface area contributed by atoms with Crippen molar-refractivity contribution in [2.75, 3.05) is 18.8 Å². The highest BCUT2D eigenvalue weighted by atomic mass is 32.2. The topological polar surface area (TPSA) is 29.3 Å². The summed E-state index contributed by atoms with van der Waals surface area (Å²) in [5.41, 5.74) is 6.86. The van der Waals surface area contributed by atoms with Crippen molar-refractivity contribution in [3.63, 3.8) is 0 Å². The third-order valence-corrected chi connectivity index (χ3v) is 6.76. The number of hydrogen-bond acceptors (Lipinski definition) is 3. The number of rotatable bonds is 2. The summed E-state index contributed by atoms with van der Waals surface area (Å²) in [5, 5.41) is 0.739. The molecule has 2 nitrogen and oxygen atoms in total. The number of nitrogens with zero attached hydrogens (tertiary/aromatic N) is 1. The Balaban J connectivity index is 2.28. The molecule has 0 radical (unpaired) electrons. The van der Waals surface area contributed by atoms with E-state index in [4.69, 9.17) is 5.73 Å². The second kappa shape index (κ2) is 4.75. The first-order valence-corrected chi connectivity index (χ1v) is 8.08. The summed E-state index contributed by atoms with van der Waals surface area (Å²) in [4.78, 5) is 2.75. The fraction of sp³-hybridized carbons (Fsp3) is 1.00. The van der Waals surface area contributed by atoms with Crippen LogP contribution in [0.1, 0.15) is 47.0 Å². The van der Waals surface area contributed by atoms with Crippen molar-refractivity contribution in [1.82, 2.24) is 4.90 Å². The molecule has 2 N–H and O–H groups in total. The number of thioether (sulfide) groups is 1. The molecule has 1 saturated heterocycles. The molecule has 3 atom stereocenters. The molecule has 0 aromatic rings. The average molecular weight is 256 g/mol. The lowest BCUT2D eigenvalue weighted by Crippen LogP contribution is -2.65. The third-order valence-electron chi connectivity index (χ3n) is 5.42. The lowest BCUT2D eigenvalue weighted by Gasteiger charge is -2.54. The molecule has 1 saturated carbocycles. The normalized spacial score (nSPS) is 42.9. The number of nitrogens with two attached hydrogens (primary N) is 1. The summed E-state index contributed by atoms with van der Waals surface area (Å²) >= 11 is 2.12. The first kappa shape index (κ1) is 13.7. The van der Waals surface area contributed by atoms with Gasteiger partial charge in [-0.05, 0) is 25.2 Å². The molecule has 2 fully saturated rings. The fourth-order valence-corrected chi connectivity index (χ4v) is 5.06. The largest absolute Gasteiger partial charge is 0.329 e. The van der Waals surface area contributed by atoms with E-state index in [1.165, 1.54) is 31.6 Å². The van der Waals surface area contributed by atoms with Gasteiger partial charge in [0.25, 0.3) is 0 Å². The van der Waals surface area contributed by atoms with Gasteiger partial charge in [-0.2, -0.15) is 11.8 Å². The van der Waals surface area contributed by atoms with Gasteiger partial charge in [-0.3, -0.25) is 4.90 Å². The highest BCUT2D eigenvalue weighted by molar-refractivity contribution is 8.00. The molecule has 0 aromatic heterocycles. The van der Waals surface area contributed by atoms with Crippen LogP contribution in [0.5, 0.6) is 0 Å². The predicted molar refractivity (Wildman–Crippen MR) is 77.5 cm³/mol. The molecule has 2 aliphatic rings. The summed E-state index contributed by atoms with van der Waals surface area (Å²) in [6.07, 6.45) is 3.96. The van der Waals surface area contributed by atoms with Gasteiger partial charge in [0, 0.05) is 35.7 Å². The van der Waals surface area contributed by atoms with E-state index < -0.39 is 0 Å². The van der Waals surface area contributed by atoms with Gasteiger partial charge in [0.15, 0.2) is 0 Å². The van der Waals surface area contributed by atoms with Crippen LogP contribution in [-0.4, -0.2) is 40.6 Å². The van der Waals surface area contributed by atoms with Crippen molar-refractivity contribution in [2.45, 2.75) is 63.8 Å². The molecule has 3 heteroatoms. The van der Waals surface area contributed by atoms with Gasteiger partial charge in [-0.1, -0.05) is 27.2 Å². The molecule has 2 rings (SSSR count). The minimum absolute atomic E-state index is 0.252. The Morgan fingerprint density at radius 2 is 2.00 bits per heavy atom. The Morgan fingerprint density at radius 1 is 1.29 bits per heavy atom. The lowest BCUT2D eigenvalue weighted by atomic mass is 9.73. The van der Waals surface area contributed by atoms with Gasteiger partial charge in [0.1, 0.15) is 0 Å². The third kappa shape index (κ3) is 2.04. The Labute approximate surface area is 111 Å². The van der Waals surface area contributed by atoms with Gasteiger partial charge >= 0.3 is 0 Å². The maximum Gasteiger partial charge on any atom is 0.0386 e. The van der Waals surface area contributed by atoms with Crippen molar-refractivity contribution in [2.24, 2.45) is 11.1 Å². The smallest absolute Gasteiger partial charge is 0.0386 e. The van der Waals surface area contributed by atoms with E-state index in [1.54, 1.807) is 0 Å². The van der Waals surface area contributed by atoms with Crippen LogP contribution in [0, 0.1) is 5.41 Å². The quantitative estimate of drug-likeness (QED) is 0.824. The zero-order chi connectivity index (χ0) is 12.7. The molecular formula is C14H28N2S. The molecule has 17 heavy (non-hydrogen) atoms. The van der Waals surface area contributed by atoms with E-state index in [9.17, 15) is 0 Å². The van der Waals surface area contributed by atoms with E-state index in [0.717, 1.165) is 11.8 Å². The fourth-order valence-electron chi connectivity index (χ4n) is 3.96. The Hall–Kier alpha value is 0.270. The Bertz CT molecular complexity index is 279. The second-order valence-electron chi connectivity index (χ2n) is 6.48. The molecule has 3 unspecified atom stereocenters. The van der Waals surface area contributed by atoms with Crippen molar-refractivity contribution in [3.8, 4) is 0 Å². The first-order chi connectivity index (χ1) is 7.94. The summed E-state index contributed by atoms with van der Waals surface area (Å²) in [5.74, 6) is 1.27. The minimum Gasteiger partial charge on any atom is -0.329 e. The van der Waals surface area contributed by atoms with Crippen LogP contribution >= 0.6 is 11.8 Å². The molecule has 0 aromatic carbocycles. The van der Waals surface area contributed by atoms with E-state index in [-0.39, 0.29) is 5.54 Å². The Morgan fingerprint density at radius 3 is 2.53 bits per heavy atom. The van der Waals surface area contributed by atoms with Crippen LogP contribution in [0.4, 0.5) is 0 Å². The van der Waals surface area contributed by atoms with E-state index in [1.807, 2.05) is 0 Å². The Kier molecular flexibility index (Phi) is 3.82. The lowest BCUT2D eigenvalue weighted by molar-refractivity contribution is -0.0122. The predicted octanol–water partition coefficient (Wildman–Crippen LogP) is 2.72. The molecule has 100 valence electrons. The van der Waals surface area contributed by atoms with Crippen LogP contribution in [0.3, 0.4) is 0 Å². The van der Waals surface area contributed by atoms with Gasteiger partial charge in [-0.15, -0.1) is 0 Å². The summed E-state index contributed by atoms with van der Waals surface area (Å²) in [6.45, 7) is 11.6. The van der Waals surface area contributed by atoms with Crippen LogP contribution in [0.25, 0.3) is 0 Å². The van der Waals surface area contributed by atoms with Crippen molar-refractivity contribution >= 4 is 11.8 Å². The maximum absolute atomic E-state index is 6.23. The molecule has 0 amide bonds. The van der Waals surface area contributed by atoms with Crippen molar-refractivity contribution < 1.29 is 0 Å². The maximum atomic E-state index is 6.23. The van der Waals surface area contributed by atoms with Crippen molar-refractivity contribution in [3.05, 3.63) is 0 Å². The van der Waals surface area contributed by atoms with Crippen LogP contribution in [-0.2, 0) is 0 Å². The standard InChI is InChI=1S/C14H28N2S/c1-11-12(2)17-9-8-16(11)14(10-15)7-5-6-13(14,3)4/h11-12H,5-10,15H2,1-4H3. The summed E-state index contributed by atoms with van der Waals surface area (Å²) in [6, 6.07) is 0.662. The SMILES string of the molecule is CC1SCCN(C2(CN)CCCC2(C)C)C1C. The summed E-state index contributed by atoms with van der Waals surface area (Å²) < 4.78 is 0. The monoisotopic (exact) mass is 256 g/mol. The molecule has 1 heterocycles. The van der Waals surface area contributed by atoms with Crippen LogP contribution in [0.2, 0.25) is 0 Å². The highest BCUT2D eigenvalue weighted by Crippen LogP contribution is 2.51. The highest BCUT2D eigenvalue weighted by Gasteiger charge is 2.53. The van der Waals surface area contributed by atoms with E-state index in [0.29, 0.717) is 11.5 Å². The summed E-state index contributed by atoms with van der Waals surface area (Å²) in [7, 11) is 0. The van der Waals surface area contributed by atoms with Crippen LogP contribution in [0.15, 0.2) is 0 Å². The minimum atomic E-state index is 0.252. The number of hydrogen-bond donors (Lipinski definition) is 1. The van der Waals surface area contributed by atoms with Crippen LogP contribution < -0.4 is 5.73 Å². The second-order valence-corrected chi connectivity index (χ2v) is 7.97. The van der Waals surface area contributed by atoms with Crippen molar-refractivity contribution in [1.29, 1.82) is 0 Å². The first-order valence-electron chi connectivity index (χ1n) is 7.03. The average Bonchev–Trinajstić information content (AvgIpc) is 2.58. The van der Waals surface area contributed by atoms with Gasteiger partial charge in [-0.25, -0.2) is 0 Å². The van der Waals surface area contributed by atoms with E-state index in [2.05, 4.69) is 44.4 Å². The molecule has 0 bridgehead atoms. The van der Waals surface area contributed by atoms with Gasteiger partial charge < -0.3 is 5.73 Å². The van der Waals surface area contributed by atoms with Gasteiger partial charge in [0.2, 0.25) is 0 Å². The zero-order valence-electron chi connectivity index (χ0n) is 11.8. The molecule has 0 spiro atoms. The van der Waals surface area contributed by atoms with Gasteiger partial charge in [0.05, 0.1) is 0 Å². The molecular weight excluding hydrogens is 228 g/mol. The molecule has 1 aliphatic carbocycles. The zero-order valence-corrected chi connectivity index (χ0v) is 12.6.